The lowest BCUT2D eigenvalue weighted by Gasteiger charge is -2.45. The van der Waals surface area contributed by atoms with Gasteiger partial charge in [-0.3, -0.25) is 4.79 Å². The molecule has 10 atom stereocenters. The molecule has 0 spiro atoms. The van der Waals surface area contributed by atoms with E-state index in [1.54, 1.807) is 0 Å². The third-order valence-electron chi connectivity index (χ3n) is 5.44. The Morgan fingerprint density at radius 2 is 1.55 bits per heavy atom. The van der Waals surface area contributed by atoms with Crippen LogP contribution in [0, 0.1) is 0 Å². The van der Waals surface area contributed by atoms with E-state index in [-0.39, 0.29) is 11.5 Å². The van der Waals surface area contributed by atoms with Crippen LogP contribution in [0.3, 0.4) is 0 Å². The molecule has 11 nitrogen and oxygen atoms in total. The molecule has 0 amide bonds. The van der Waals surface area contributed by atoms with Gasteiger partial charge in [-0.1, -0.05) is 0 Å². The molecule has 31 heavy (non-hydrogen) atoms. The van der Waals surface area contributed by atoms with E-state index in [1.165, 1.54) is 38.1 Å². The first-order valence-electron chi connectivity index (χ1n) is 9.89. The van der Waals surface area contributed by atoms with Gasteiger partial charge in [-0.25, -0.2) is 0 Å². The van der Waals surface area contributed by atoms with Crippen molar-refractivity contribution in [2.24, 2.45) is 0 Å². The molecule has 1 aromatic rings. The Hall–Kier alpha value is -1.67. The summed E-state index contributed by atoms with van der Waals surface area (Å²) in [4.78, 5) is 11.4. The summed E-state index contributed by atoms with van der Waals surface area (Å²) in [7, 11) is 0. The summed E-state index contributed by atoms with van der Waals surface area (Å²) >= 11 is 0. The van der Waals surface area contributed by atoms with Crippen LogP contribution in [-0.4, -0.2) is 104 Å². The number of carbonyl (C=O) groups is 1. The highest BCUT2D eigenvalue weighted by atomic mass is 16.8. The Morgan fingerprint density at radius 3 is 2.13 bits per heavy atom. The second kappa shape index (κ2) is 9.86. The van der Waals surface area contributed by atoms with Crippen LogP contribution < -0.4 is 4.74 Å². The lowest BCUT2D eigenvalue weighted by Crippen LogP contribution is -2.64. The molecular weight excluding hydrogens is 416 g/mol. The first-order chi connectivity index (χ1) is 14.6. The molecule has 0 aromatic heterocycles. The summed E-state index contributed by atoms with van der Waals surface area (Å²) in [5, 5.41) is 60.3. The molecule has 2 aliphatic heterocycles. The molecule has 6 N–H and O–H groups in total. The van der Waals surface area contributed by atoms with Crippen LogP contribution in [0.2, 0.25) is 0 Å². The number of aliphatic hydroxyl groups is 6. The molecule has 0 saturated carbocycles. The van der Waals surface area contributed by atoms with E-state index < -0.39 is 68.0 Å². The van der Waals surface area contributed by atoms with Crippen LogP contribution in [0.15, 0.2) is 24.3 Å². The van der Waals surface area contributed by atoms with Crippen molar-refractivity contribution in [3.05, 3.63) is 29.8 Å². The molecule has 11 heteroatoms. The third kappa shape index (κ3) is 5.06. The summed E-state index contributed by atoms with van der Waals surface area (Å²) in [6.07, 6.45) is -14.0. The number of hydrogen-bond donors (Lipinski definition) is 6. The summed E-state index contributed by atoms with van der Waals surface area (Å²) in [5.74, 6) is 0.108. The maximum absolute atomic E-state index is 11.4. The zero-order valence-corrected chi connectivity index (χ0v) is 17.0. The van der Waals surface area contributed by atoms with E-state index >= 15 is 0 Å². The maximum Gasteiger partial charge on any atom is 0.229 e. The predicted octanol–water partition coefficient (Wildman–Crippen LogP) is -2.08. The maximum atomic E-state index is 11.4. The monoisotopic (exact) mass is 444 g/mol. The van der Waals surface area contributed by atoms with Gasteiger partial charge >= 0.3 is 0 Å². The number of aliphatic hydroxyl groups excluding tert-OH is 6. The minimum Gasteiger partial charge on any atom is -0.462 e. The molecule has 2 fully saturated rings. The number of Topliss-reactive ketones (excluding diaryl/α,β-unsaturated/α-hetero) is 1. The number of carbonyl (C=O) groups excluding carboxylic acids is 1. The molecule has 0 radical (unpaired) electrons. The van der Waals surface area contributed by atoms with Crippen molar-refractivity contribution in [3.63, 3.8) is 0 Å². The Morgan fingerprint density at radius 1 is 0.903 bits per heavy atom. The molecule has 174 valence electrons. The van der Waals surface area contributed by atoms with Crippen LogP contribution in [0.25, 0.3) is 0 Å². The molecule has 2 heterocycles. The fourth-order valence-electron chi connectivity index (χ4n) is 3.48. The number of ether oxygens (including phenoxy) is 4. The summed E-state index contributed by atoms with van der Waals surface area (Å²) < 4.78 is 22.3. The quantitative estimate of drug-likeness (QED) is 0.266. The van der Waals surface area contributed by atoms with E-state index in [4.69, 9.17) is 18.9 Å². The van der Waals surface area contributed by atoms with E-state index in [1.807, 2.05) is 0 Å². The Kier molecular flexibility index (Phi) is 7.63. The summed E-state index contributed by atoms with van der Waals surface area (Å²) in [6.45, 7) is 2.26. The smallest absolute Gasteiger partial charge is 0.229 e. The molecule has 1 aromatic carbocycles. The lowest BCUT2D eigenvalue weighted by atomic mass is 9.97. The number of rotatable bonds is 6. The summed E-state index contributed by atoms with van der Waals surface area (Å²) in [5.41, 5.74) is 0.452. The molecular formula is C20H28O11. The van der Waals surface area contributed by atoms with Gasteiger partial charge in [0.25, 0.3) is 0 Å². The van der Waals surface area contributed by atoms with E-state index in [2.05, 4.69) is 0 Å². The van der Waals surface area contributed by atoms with Crippen molar-refractivity contribution in [3.8, 4) is 5.75 Å². The van der Waals surface area contributed by atoms with Gasteiger partial charge in [-0.2, -0.15) is 0 Å². The first kappa shape index (κ1) is 24.0. The minimum absolute atomic E-state index is 0.140. The average Bonchev–Trinajstić information content (AvgIpc) is 2.75. The predicted molar refractivity (Wildman–Crippen MR) is 102 cm³/mol. The fraction of sp³-hybridized carbons (Fsp3) is 0.650. The zero-order chi connectivity index (χ0) is 22.9. The zero-order valence-electron chi connectivity index (χ0n) is 17.0. The topological polar surface area (TPSA) is 175 Å². The second-order valence-electron chi connectivity index (χ2n) is 7.69. The van der Waals surface area contributed by atoms with Gasteiger partial charge in [0.2, 0.25) is 6.29 Å². The van der Waals surface area contributed by atoms with Gasteiger partial charge in [0.1, 0.15) is 42.4 Å². The molecule has 0 unspecified atom stereocenters. The van der Waals surface area contributed by atoms with Gasteiger partial charge < -0.3 is 49.6 Å². The Balaban J connectivity index is 1.81. The van der Waals surface area contributed by atoms with Gasteiger partial charge in [0.15, 0.2) is 18.2 Å². The Labute approximate surface area is 178 Å². The van der Waals surface area contributed by atoms with Gasteiger partial charge in [-0.05, 0) is 38.1 Å². The standard InChI is InChI=1S/C20H28O11/c1-8(22)10-3-5-11(6-4-10)29-20-18(16(26)14(24)12(7-21)30-20)31-19-17(27)15(25)13(23)9(2)28-19/h3-6,9,12-21,23-27H,7H2,1-2H3/t9-,12+,13-,14-,15+,16-,17+,18+,19-,20+/m0/s1. The van der Waals surface area contributed by atoms with Crippen molar-refractivity contribution in [1.82, 2.24) is 0 Å². The minimum atomic E-state index is -1.65. The lowest BCUT2D eigenvalue weighted by molar-refractivity contribution is -0.354. The highest BCUT2D eigenvalue weighted by Crippen LogP contribution is 2.30. The number of hydrogen-bond acceptors (Lipinski definition) is 11. The summed E-state index contributed by atoms with van der Waals surface area (Å²) in [6, 6.07) is 6.05. The molecule has 2 saturated heterocycles. The van der Waals surface area contributed by atoms with Crippen molar-refractivity contribution in [2.45, 2.75) is 75.3 Å². The highest BCUT2D eigenvalue weighted by Gasteiger charge is 2.50. The largest absolute Gasteiger partial charge is 0.462 e. The van der Waals surface area contributed by atoms with Crippen LogP contribution >= 0.6 is 0 Å². The van der Waals surface area contributed by atoms with Crippen LogP contribution in [0.5, 0.6) is 5.75 Å². The molecule has 2 aliphatic rings. The van der Waals surface area contributed by atoms with Gasteiger partial charge in [0, 0.05) is 5.56 Å². The number of benzene rings is 1. The first-order valence-corrected chi connectivity index (χ1v) is 9.89. The van der Waals surface area contributed by atoms with Gasteiger partial charge in [0.05, 0.1) is 12.7 Å². The molecule has 0 bridgehead atoms. The van der Waals surface area contributed by atoms with E-state index in [0.717, 1.165) is 0 Å². The molecule has 0 aliphatic carbocycles. The van der Waals surface area contributed by atoms with E-state index in [9.17, 15) is 35.4 Å². The van der Waals surface area contributed by atoms with Gasteiger partial charge in [-0.15, -0.1) is 0 Å². The fourth-order valence-corrected chi connectivity index (χ4v) is 3.48. The van der Waals surface area contributed by atoms with E-state index in [0.29, 0.717) is 5.56 Å². The van der Waals surface area contributed by atoms with Crippen molar-refractivity contribution >= 4 is 5.78 Å². The van der Waals surface area contributed by atoms with Crippen LogP contribution in [-0.2, 0) is 14.2 Å². The Bertz CT molecular complexity index is 741. The molecule has 3 rings (SSSR count). The van der Waals surface area contributed by atoms with Crippen molar-refractivity contribution < 1.29 is 54.4 Å². The number of ketones is 1. The van der Waals surface area contributed by atoms with Crippen LogP contribution in [0.1, 0.15) is 24.2 Å². The van der Waals surface area contributed by atoms with Crippen molar-refractivity contribution in [2.75, 3.05) is 6.61 Å². The van der Waals surface area contributed by atoms with Crippen molar-refractivity contribution in [1.29, 1.82) is 0 Å². The van der Waals surface area contributed by atoms with Crippen LogP contribution in [0.4, 0.5) is 0 Å². The normalized spacial score (nSPS) is 41.0. The second-order valence-corrected chi connectivity index (χ2v) is 7.69. The third-order valence-corrected chi connectivity index (χ3v) is 5.44. The highest BCUT2D eigenvalue weighted by molar-refractivity contribution is 5.94. The SMILES string of the molecule is CC(=O)c1ccc(O[C@@H]2O[C@H](CO)[C@H](O)[C@H](O)[C@H]2O[C@@H]2O[C@@H](C)[C@H](O)[C@@H](O)[C@H]2O)cc1. The average molecular weight is 444 g/mol.